The molecule has 0 saturated carbocycles. The fourth-order valence-electron chi connectivity index (χ4n) is 0.235. The Labute approximate surface area is 144 Å². The largest absolute Gasteiger partial charge is 1.00 e. The molecule has 7 heteroatoms. The van der Waals surface area contributed by atoms with E-state index in [9.17, 15) is 19.4 Å². The molecule has 0 aromatic carbocycles. The molecule has 0 aliphatic heterocycles. The van der Waals surface area contributed by atoms with Crippen LogP contribution in [-0.4, -0.2) is 18.8 Å². The van der Waals surface area contributed by atoms with Crippen LogP contribution in [0.2, 0.25) is 0 Å². The van der Waals surface area contributed by atoms with Crippen molar-refractivity contribution in [2.75, 3.05) is 12.8 Å². The average Bonchev–Trinajstić information content (AvgIpc) is 1.21. The zero-order valence-corrected chi connectivity index (χ0v) is 13.4. The fourth-order valence-corrected chi connectivity index (χ4v) is 0.704. The van der Waals surface area contributed by atoms with Crippen LogP contribution >= 0.6 is 7.37 Å². The zero-order valence-electron chi connectivity index (χ0n) is 6.29. The van der Waals surface area contributed by atoms with Gasteiger partial charge in [-0.15, -0.1) is 0 Å². The molecule has 4 nitrogen and oxygen atoms in total. The maximum Gasteiger partial charge on any atom is 1.00 e. The van der Waals surface area contributed by atoms with Crippen LogP contribution in [0.1, 0.15) is 0 Å². The minimum Gasteiger partial charge on any atom is -0.799 e. The first-order valence-electron chi connectivity index (χ1n) is 1.89. The molecule has 1 atom stereocenters. The third kappa shape index (κ3) is 17.1. The normalized spacial score (nSPS) is 13.8. The minimum absolute atomic E-state index is 0. The minimum atomic E-state index is -3.63. The monoisotopic (exact) mass is 214 g/mol. The summed E-state index contributed by atoms with van der Waals surface area (Å²) in [4.78, 5) is 19.6. The summed E-state index contributed by atoms with van der Waals surface area (Å²) in [5.74, 6) is -1.55. The van der Waals surface area contributed by atoms with Crippen molar-refractivity contribution in [1.29, 1.82) is 0 Å². The number of carbonyl (C=O) groups is 1. The molecule has 1 unspecified atom stereocenters. The Morgan fingerprint density at radius 2 is 1.80 bits per heavy atom. The van der Waals surface area contributed by atoms with Crippen molar-refractivity contribution in [3.63, 3.8) is 0 Å². The third-order valence-corrected chi connectivity index (χ3v) is 1.25. The smallest absolute Gasteiger partial charge is 0.799 e. The van der Waals surface area contributed by atoms with Crippen molar-refractivity contribution < 1.29 is 122 Å². The summed E-state index contributed by atoms with van der Waals surface area (Å²) < 4.78 is 10.0. The Bertz CT molecular complexity index is 141. The van der Waals surface area contributed by atoms with Gasteiger partial charge in [-0.2, -0.15) is 0 Å². The van der Waals surface area contributed by atoms with Crippen molar-refractivity contribution in [2.24, 2.45) is 0 Å². The quantitative estimate of drug-likeness (QED) is 0.338. The molecular formula is C3H5K2O4P. The Balaban J connectivity index is -0.000000245. The van der Waals surface area contributed by atoms with Gasteiger partial charge in [0.25, 0.3) is 0 Å². The van der Waals surface area contributed by atoms with Gasteiger partial charge < -0.3 is 19.4 Å². The van der Waals surface area contributed by atoms with E-state index in [2.05, 4.69) is 0 Å². The van der Waals surface area contributed by atoms with Gasteiger partial charge in [0.15, 0.2) is 0 Å². The third-order valence-electron chi connectivity index (χ3n) is 0.416. The Kier molecular flexibility index (Phi) is 15.9. The van der Waals surface area contributed by atoms with Crippen LogP contribution < -0.4 is 113 Å². The maximum absolute atomic E-state index is 10.0. The molecule has 0 heterocycles. The van der Waals surface area contributed by atoms with Crippen molar-refractivity contribution >= 4 is 13.3 Å². The number of carboxylic acids is 1. The first kappa shape index (κ1) is 18.7. The summed E-state index contributed by atoms with van der Waals surface area (Å²) in [5.41, 5.74) is 0. The molecule has 0 aromatic rings. The molecule has 0 fully saturated rings. The summed E-state index contributed by atoms with van der Waals surface area (Å²) in [7, 11) is -3.63. The van der Waals surface area contributed by atoms with Crippen LogP contribution in [0.15, 0.2) is 0 Å². The Hall–Kier alpha value is 2.93. The number of rotatable bonds is 2. The van der Waals surface area contributed by atoms with Gasteiger partial charge in [-0.3, -0.25) is 0 Å². The second-order valence-electron chi connectivity index (χ2n) is 1.54. The summed E-state index contributed by atoms with van der Waals surface area (Å²) in [5, 5.41) is 9.53. The maximum atomic E-state index is 10.0. The summed E-state index contributed by atoms with van der Waals surface area (Å²) >= 11 is 0. The van der Waals surface area contributed by atoms with Crippen LogP contribution in [0.4, 0.5) is 0 Å². The number of hydrogen-bond donors (Lipinski definition) is 0. The van der Waals surface area contributed by atoms with Gasteiger partial charge in [-0.1, -0.05) is 0 Å². The molecule has 0 bridgehead atoms. The SMILES string of the molecule is CP(=O)([O-])CC(=O)[O-].[K+].[K+]. The van der Waals surface area contributed by atoms with Gasteiger partial charge in [-0.05, 0) is 6.66 Å². The van der Waals surface area contributed by atoms with E-state index in [1.807, 2.05) is 0 Å². The molecule has 0 aliphatic carbocycles. The molecular weight excluding hydrogens is 209 g/mol. The number of hydrogen-bond acceptors (Lipinski definition) is 4. The fraction of sp³-hybridized carbons (Fsp3) is 0.667. The predicted molar refractivity (Wildman–Crippen MR) is 23.4 cm³/mol. The molecule has 0 spiro atoms. The molecule has 0 aromatic heterocycles. The van der Waals surface area contributed by atoms with Crippen LogP contribution in [0.5, 0.6) is 0 Å². The van der Waals surface area contributed by atoms with Gasteiger partial charge in [0.1, 0.15) is 0 Å². The van der Waals surface area contributed by atoms with Gasteiger partial charge in [0.2, 0.25) is 0 Å². The van der Waals surface area contributed by atoms with E-state index in [4.69, 9.17) is 0 Å². The van der Waals surface area contributed by atoms with Gasteiger partial charge in [0.05, 0.1) is 0 Å². The van der Waals surface area contributed by atoms with E-state index < -0.39 is 19.5 Å². The number of carbonyl (C=O) groups excluding carboxylic acids is 1. The average molecular weight is 214 g/mol. The Morgan fingerprint density at radius 3 is 1.80 bits per heavy atom. The van der Waals surface area contributed by atoms with Crippen molar-refractivity contribution in [3.8, 4) is 0 Å². The Morgan fingerprint density at radius 1 is 1.50 bits per heavy atom. The van der Waals surface area contributed by atoms with E-state index in [0.717, 1.165) is 6.66 Å². The van der Waals surface area contributed by atoms with Crippen LogP contribution in [0, 0.1) is 0 Å². The van der Waals surface area contributed by atoms with Gasteiger partial charge in [0, 0.05) is 19.5 Å². The topological polar surface area (TPSA) is 80.3 Å². The summed E-state index contributed by atoms with van der Waals surface area (Å²) in [6.07, 6.45) is -0.868. The standard InChI is InChI=1S/C3H7O4P.2K/c1-8(6,7)2-3(4)5;;/h2H2,1H3,(H,4,5)(H,6,7);;/q;2*+1/p-2. The zero-order chi connectivity index (χ0) is 6.78. The van der Waals surface area contributed by atoms with Crippen LogP contribution in [0.25, 0.3) is 0 Å². The van der Waals surface area contributed by atoms with Crippen LogP contribution in [-0.2, 0) is 9.36 Å². The van der Waals surface area contributed by atoms with Gasteiger partial charge in [-0.25, -0.2) is 0 Å². The predicted octanol–water partition coefficient (Wildman–Crippen LogP) is -7.99. The molecule has 0 radical (unpaired) electrons. The molecule has 48 valence electrons. The molecule has 0 rings (SSSR count). The van der Waals surface area contributed by atoms with Gasteiger partial charge >= 0.3 is 103 Å². The van der Waals surface area contributed by atoms with E-state index in [1.54, 1.807) is 0 Å². The molecule has 0 amide bonds. The molecule has 0 saturated heterocycles. The van der Waals surface area contributed by atoms with Crippen LogP contribution in [0.3, 0.4) is 0 Å². The van der Waals surface area contributed by atoms with Crippen molar-refractivity contribution in [2.45, 2.75) is 0 Å². The summed E-state index contributed by atoms with van der Waals surface area (Å²) in [6, 6.07) is 0. The van der Waals surface area contributed by atoms with E-state index >= 15 is 0 Å². The molecule has 10 heavy (non-hydrogen) atoms. The first-order chi connectivity index (χ1) is 3.42. The van der Waals surface area contributed by atoms with Crippen molar-refractivity contribution in [3.05, 3.63) is 0 Å². The van der Waals surface area contributed by atoms with Crippen molar-refractivity contribution in [1.82, 2.24) is 0 Å². The number of aliphatic carboxylic acids is 1. The summed E-state index contributed by atoms with van der Waals surface area (Å²) in [6.45, 7) is 0.864. The van der Waals surface area contributed by atoms with E-state index in [1.165, 1.54) is 0 Å². The molecule has 0 aliphatic rings. The second-order valence-corrected chi connectivity index (χ2v) is 3.89. The first-order valence-corrected chi connectivity index (χ1v) is 4.15. The second kappa shape index (κ2) is 8.53. The van der Waals surface area contributed by atoms with E-state index in [0.29, 0.717) is 0 Å². The number of carboxylic acid groups (broad SMARTS) is 1. The molecule has 0 N–H and O–H groups in total. The van der Waals surface area contributed by atoms with E-state index in [-0.39, 0.29) is 103 Å².